The highest BCUT2D eigenvalue weighted by Crippen LogP contribution is 2.23. The van der Waals surface area contributed by atoms with Crippen LogP contribution in [0.25, 0.3) is 0 Å². The van der Waals surface area contributed by atoms with Crippen LogP contribution in [0.5, 0.6) is 5.75 Å². The Balaban J connectivity index is 1.60. The van der Waals surface area contributed by atoms with Gasteiger partial charge < -0.3 is 10.1 Å². The second kappa shape index (κ2) is 6.71. The SMILES string of the molecule is COc1ccc(NC(=O)CSc2nnc3n2C(=N)CC(=O)N3)cc1. The van der Waals surface area contributed by atoms with Crippen LogP contribution in [-0.4, -0.2) is 45.3 Å². The van der Waals surface area contributed by atoms with Crippen molar-refractivity contribution in [2.45, 2.75) is 11.6 Å². The summed E-state index contributed by atoms with van der Waals surface area (Å²) < 4.78 is 6.48. The molecule has 0 bridgehead atoms. The van der Waals surface area contributed by atoms with Crippen molar-refractivity contribution < 1.29 is 14.3 Å². The number of hydrogen-bond acceptors (Lipinski definition) is 7. The standard InChI is InChI=1S/C14H14N6O3S/c1-23-9-4-2-8(3-5-9)16-12(22)7-24-14-19-18-13-17-11(21)6-10(15)20(13)14/h2-5,15H,6-7H2,1H3,(H,16,22)(H,17,18,21). The number of carbonyl (C=O) groups excluding carboxylic acids is 2. The van der Waals surface area contributed by atoms with Crippen molar-refractivity contribution in [3.05, 3.63) is 24.3 Å². The predicted octanol–water partition coefficient (Wildman–Crippen LogP) is 1.19. The number of nitrogens with one attached hydrogen (secondary N) is 3. The van der Waals surface area contributed by atoms with Crippen LogP contribution in [0.4, 0.5) is 11.6 Å². The number of anilines is 2. The lowest BCUT2D eigenvalue weighted by Gasteiger charge is -2.15. The zero-order valence-corrected chi connectivity index (χ0v) is 13.5. The molecule has 0 fully saturated rings. The van der Waals surface area contributed by atoms with E-state index in [0.29, 0.717) is 16.6 Å². The molecule has 1 aromatic heterocycles. The highest BCUT2D eigenvalue weighted by Gasteiger charge is 2.25. The molecule has 1 aromatic carbocycles. The quantitative estimate of drug-likeness (QED) is 0.699. The van der Waals surface area contributed by atoms with Gasteiger partial charge in [-0.05, 0) is 24.3 Å². The first-order valence-corrected chi connectivity index (χ1v) is 7.95. The summed E-state index contributed by atoms with van der Waals surface area (Å²) in [5.74, 6) is 0.581. The van der Waals surface area contributed by atoms with Crippen LogP contribution >= 0.6 is 11.8 Å². The van der Waals surface area contributed by atoms with Crippen LogP contribution in [0.1, 0.15) is 6.42 Å². The Morgan fingerprint density at radius 1 is 1.42 bits per heavy atom. The normalized spacial score (nSPS) is 13.2. The summed E-state index contributed by atoms with van der Waals surface area (Å²) in [6, 6.07) is 6.99. The van der Waals surface area contributed by atoms with Crippen molar-refractivity contribution in [2.75, 3.05) is 23.5 Å². The van der Waals surface area contributed by atoms with Gasteiger partial charge in [0.15, 0.2) is 5.16 Å². The minimum atomic E-state index is -0.298. The molecule has 3 N–H and O–H groups in total. The number of fused-ring (bicyclic) bond motifs is 1. The van der Waals surface area contributed by atoms with Crippen LogP contribution in [0, 0.1) is 5.41 Å². The maximum atomic E-state index is 12.0. The van der Waals surface area contributed by atoms with E-state index in [1.54, 1.807) is 31.4 Å². The number of carbonyl (C=O) groups is 2. The largest absolute Gasteiger partial charge is 0.497 e. The first-order valence-electron chi connectivity index (χ1n) is 6.96. The van der Waals surface area contributed by atoms with Crippen LogP contribution < -0.4 is 15.4 Å². The molecule has 0 atom stereocenters. The van der Waals surface area contributed by atoms with Crippen molar-refractivity contribution in [1.29, 1.82) is 5.41 Å². The van der Waals surface area contributed by atoms with E-state index in [4.69, 9.17) is 10.1 Å². The van der Waals surface area contributed by atoms with Crippen LogP contribution in [0.15, 0.2) is 29.4 Å². The topological polar surface area (TPSA) is 122 Å². The summed E-state index contributed by atoms with van der Waals surface area (Å²) in [5, 5.41) is 21.3. The zero-order valence-electron chi connectivity index (χ0n) is 12.7. The third kappa shape index (κ3) is 3.38. The van der Waals surface area contributed by atoms with Gasteiger partial charge in [0.1, 0.15) is 11.6 Å². The van der Waals surface area contributed by atoms with Crippen LogP contribution in [0.2, 0.25) is 0 Å². The van der Waals surface area contributed by atoms with E-state index in [1.165, 1.54) is 4.57 Å². The van der Waals surface area contributed by atoms with Crippen molar-refractivity contribution in [1.82, 2.24) is 14.8 Å². The number of thioether (sulfide) groups is 1. The van der Waals surface area contributed by atoms with Crippen molar-refractivity contribution in [2.24, 2.45) is 0 Å². The molecule has 2 amide bonds. The molecule has 0 unspecified atom stereocenters. The summed E-state index contributed by atoms with van der Waals surface area (Å²) in [6.07, 6.45) is -0.0450. The highest BCUT2D eigenvalue weighted by molar-refractivity contribution is 7.99. The fraction of sp³-hybridized carbons (Fsp3) is 0.214. The van der Waals surface area contributed by atoms with Gasteiger partial charge in [0.2, 0.25) is 17.8 Å². The van der Waals surface area contributed by atoms with E-state index in [9.17, 15) is 9.59 Å². The van der Waals surface area contributed by atoms with E-state index < -0.39 is 0 Å². The molecule has 9 nitrogen and oxygen atoms in total. The maximum Gasteiger partial charge on any atom is 0.237 e. The lowest BCUT2D eigenvalue weighted by molar-refractivity contribution is -0.115. The number of aromatic nitrogens is 3. The number of hydrogen-bond donors (Lipinski definition) is 3. The Bertz CT molecular complexity index is 801. The zero-order chi connectivity index (χ0) is 17.1. The predicted molar refractivity (Wildman–Crippen MR) is 88.7 cm³/mol. The molecule has 0 aliphatic carbocycles. The van der Waals surface area contributed by atoms with E-state index in [0.717, 1.165) is 11.8 Å². The molecule has 0 saturated carbocycles. The molecule has 0 saturated heterocycles. The van der Waals surface area contributed by atoms with Crippen LogP contribution in [0.3, 0.4) is 0 Å². The Labute approximate surface area is 141 Å². The first kappa shape index (κ1) is 16.0. The number of amides is 2. The van der Waals surface area contributed by atoms with Gasteiger partial charge in [-0.3, -0.25) is 20.3 Å². The van der Waals surface area contributed by atoms with Gasteiger partial charge in [0.05, 0.1) is 19.3 Å². The molecule has 10 heteroatoms. The molecule has 1 aliphatic rings. The van der Waals surface area contributed by atoms with Gasteiger partial charge in [0, 0.05) is 5.69 Å². The summed E-state index contributed by atoms with van der Waals surface area (Å²) >= 11 is 1.14. The fourth-order valence-corrected chi connectivity index (χ4v) is 2.85. The van der Waals surface area contributed by atoms with Crippen molar-refractivity contribution in [3.8, 4) is 5.75 Å². The molecule has 1 aliphatic heterocycles. The fourth-order valence-electron chi connectivity index (χ4n) is 2.09. The van der Waals surface area contributed by atoms with Gasteiger partial charge in [-0.25, -0.2) is 4.57 Å². The number of rotatable bonds is 5. The van der Waals surface area contributed by atoms with E-state index in [-0.39, 0.29) is 35.8 Å². The molecule has 24 heavy (non-hydrogen) atoms. The van der Waals surface area contributed by atoms with Gasteiger partial charge in [-0.2, -0.15) is 0 Å². The van der Waals surface area contributed by atoms with Gasteiger partial charge in [-0.15, -0.1) is 10.2 Å². The van der Waals surface area contributed by atoms with Gasteiger partial charge in [0.25, 0.3) is 0 Å². The molecular weight excluding hydrogens is 332 g/mol. The molecule has 3 rings (SSSR count). The lowest BCUT2D eigenvalue weighted by Crippen LogP contribution is -2.30. The first-order chi connectivity index (χ1) is 11.6. The molecule has 0 radical (unpaired) electrons. The minimum Gasteiger partial charge on any atom is -0.497 e. The highest BCUT2D eigenvalue weighted by atomic mass is 32.2. The second-order valence-corrected chi connectivity index (χ2v) is 5.82. The van der Waals surface area contributed by atoms with Crippen LogP contribution in [-0.2, 0) is 9.59 Å². The van der Waals surface area contributed by atoms with E-state index in [1.807, 2.05) is 0 Å². The van der Waals surface area contributed by atoms with Crippen molar-refractivity contribution >= 4 is 41.0 Å². The summed E-state index contributed by atoms with van der Waals surface area (Å²) in [6.45, 7) is 0. The monoisotopic (exact) mass is 346 g/mol. The van der Waals surface area contributed by atoms with E-state index >= 15 is 0 Å². The number of methoxy groups -OCH3 is 1. The Morgan fingerprint density at radius 2 is 2.17 bits per heavy atom. The third-order valence-corrected chi connectivity index (χ3v) is 4.12. The molecular formula is C14H14N6O3S. The minimum absolute atomic E-state index is 0.0450. The van der Waals surface area contributed by atoms with E-state index in [2.05, 4.69) is 20.8 Å². The Morgan fingerprint density at radius 3 is 2.88 bits per heavy atom. The van der Waals surface area contributed by atoms with Crippen molar-refractivity contribution in [3.63, 3.8) is 0 Å². The summed E-state index contributed by atoms with van der Waals surface area (Å²) in [4.78, 5) is 23.4. The third-order valence-electron chi connectivity index (χ3n) is 3.19. The Kier molecular flexibility index (Phi) is 4.47. The molecule has 0 spiro atoms. The number of benzene rings is 1. The molecule has 124 valence electrons. The van der Waals surface area contributed by atoms with Gasteiger partial charge in [-0.1, -0.05) is 11.8 Å². The average Bonchev–Trinajstić information content (AvgIpc) is 2.97. The number of ether oxygens (including phenoxy) is 1. The smallest absolute Gasteiger partial charge is 0.237 e. The molecule has 2 aromatic rings. The number of nitrogens with zero attached hydrogens (tertiary/aromatic N) is 3. The van der Waals surface area contributed by atoms with Gasteiger partial charge >= 0.3 is 0 Å². The summed E-state index contributed by atoms with van der Waals surface area (Å²) in [5.41, 5.74) is 0.657. The second-order valence-electron chi connectivity index (χ2n) is 4.88. The maximum absolute atomic E-state index is 12.0. The molecule has 2 heterocycles. The Hall–Kier alpha value is -2.88. The summed E-state index contributed by atoms with van der Waals surface area (Å²) in [7, 11) is 1.57. The lowest BCUT2D eigenvalue weighted by atomic mass is 10.3. The average molecular weight is 346 g/mol.